The van der Waals surface area contributed by atoms with Crippen molar-refractivity contribution >= 4 is 26.5 Å². The van der Waals surface area contributed by atoms with Crippen LogP contribution in [0.3, 0.4) is 0 Å². The Morgan fingerprint density at radius 3 is 2.43 bits per heavy atom. The maximum Gasteiger partial charge on any atom is 0.243 e. The van der Waals surface area contributed by atoms with Gasteiger partial charge in [0, 0.05) is 24.2 Å². The molecule has 1 heterocycles. The highest BCUT2D eigenvalue weighted by molar-refractivity contribution is 7.89. The van der Waals surface area contributed by atoms with Gasteiger partial charge >= 0.3 is 0 Å². The first kappa shape index (κ1) is 14.4. The van der Waals surface area contributed by atoms with Crippen LogP contribution in [0, 0.1) is 11.8 Å². The minimum absolute atomic E-state index is 0.376. The first-order chi connectivity index (χ1) is 9.89. The number of nitrogen functional groups attached to an aromatic ring is 1. The summed E-state index contributed by atoms with van der Waals surface area (Å²) in [6, 6.07) is 10.7. The average Bonchev–Trinajstić information content (AvgIpc) is 2.78. The van der Waals surface area contributed by atoms with E-state index in [0.29, 0.717) is 35.5 Å². The predicted molar refractivity (Wildman–Crippen MR) is 85.4 cm³/mol. The molecule has 0 aliphatic carbocycles. The van der Waals surface area contributed by atoms with Gasteiger partial charge in [0.05, 0.1) is 4.90 Å². The smallest absolute Gasteiger partial charge is 0.243 e. The lowest BCUT2D eigenvalue weighted by atomic mass is 10.0. The Bertz CT molecular complexity index is 776. The average molecular weight is 304 g/mol. The summed E-state index contributed by atoms with van der Waals surface area (Å²) in [6.07, 6.45) is 0. The van der Waals surface area contributed by atoms with E-state index >= 15 is 0 Å². The van der Waals surface area contributed by atoms with Gasteiger partial charge in [0.15, 0.2) is 0 Å². The van der Waals surface area contributed by atoms with Crippen LogP contribution in [-0.4, -0.2) is 25.8 Å². The summed E-state index contributed by atoms with van der Waals surface area (Å²) >= 11 is 0. The van der Waals surface area contributed by atoms with Crippen molar-refractivity contribution in [1.82, 2.24) is 4.31 Å². The molecular weight excluding hydrogens is 284 g/mol. The summed E-state index contributed by atoms with van der Waals surface area (Å²) < 4.78 is 27.4. The lowest BCUT2D eigenvalue weighted by Crippen LogP contribution is -2.29. The molecule has 1 aliphatic rings. The third-order valence-corrected chi connectivity index (χ3v) is 6.33. The number of fused-ring (bicyclic) bond motifs is 1. The van der Waals surface area contributed by atoms with E-state index in [1.54, 1.807) is 28.6 Å². The Morgan fingerprint density at radius 2 is 1.76 bits per heavy atom. The summed E-state index contributed by atoms with van der Waals surface area (Å²) in [4.78, 5) is 0.376. The number of anilines is 1. The molecule has 2 aromatic carbocycles. The van der Waals surface area contributed by atoms with E-state index in [-0.39, 0.29) is 0 Å². The minimum Gasteiger partial charge on any atom is -0.399 e. The maximum atomic E-state index is 12.9. The Morgan fingerprint density at radius 1 is 1.10 bits per heavy atom. The highest BCUT2D eigenvalue weighted by atomic mass is 32.2. The van der Waals surface area contributed by atoms with E-state index in [1.807, 2.05) is 12.1 Å². The van der Waals surface area contributed by atoms with Gasteiger partial charge in [-0.05, 0) is 35.4 Å². The van der Waals surface area contributed by atoms with Crippen molar-refractivity contribution in [3.63, 3.8) is 0 Å². The van der Waals surface area contributed by atoms with Crippen molar-refractivity contribution in [2.45, 2.75) is 18.7 Å². The lowest BCUT2D eigenvalue weighted by Gasteiger charge is -2.17. The third kappa shape index (κ3) is 2.40. The molecule has 2 unspecified atom stereocenters. The second-order valence-electron chi connectivity index (χ2n) is 6.01. The first-order valence-corrected chi connectivity index (χ1v) is 8.62. The van der Waals surface area contributed by atoms with Crippen molar-refractivity contribution in [3.05, 3.63) is 36.4 Å². The van der Waals surface area contributed by atoms with Crippen LogP contribution in [0.4, 0.5) is 5.69 Å². The molecular formula is C16H20N2O2S. The van der Waals surface area contributed by atoms with E-state index in [1.165, 1.54) is 0 Å². The molecule has 1 aliphatic heterocycles. The first-order valence-electron chi connectivity index (χ1n) is 7.18. The lowest BCUT2D eigenvalue weighted by molar-refractivity contribution is 0.464. The molecule has 0 bridgehead atoms. The van der Waals surface area contributed by atoms with Crippen LogP contribution in [0.25, 0.3) is 10.8 Å². The van der Waals surface area contributed by atoms with Crippen LogP contribution in [0.15, 0.2) is 41.3 Å². The molecule has 1 fully saturated rings. The van der Waals surface area contributed by atoms with E-state index in [0.717, 1.165) is 10.8 Å². The molecule has 0 spiro atoms. The van der Waals surface area contributed by atoms with Crippen molar-refractivity contribution in [3.8, 4) is 0 Å². The topological polar surface area (TPSA) is 63.4 Å². The van der Waals surface area contributed by atoms with Gasteiger partial charge in [-0.1, -0.05) is 32.0 Å². The number of sulfonamides is 1. The zero-order valence-corrected chi connectivity index (χ0v) is 13.1. The van der Waals surface area contributed by atoms with E-state index in [9.17, 15) is 8.42 Å². The molecule has 0 saturated carbocycles. The Kier molecular flexibility index (Phi) is 3.42. The molecule has 2 aromatic rings. The normalized spacial score (nSPS) is 23.7. The number of nitrogens with two attached hydrogens (primary N) is 1. The third-order valence-electron chi connectivity index (χ3n) is 4.44. The van der Waals surface area contributed by atoms with Crippen LogP contribution < -0.4 is 5.73 Å². The van der Waals surface area contributed by atoms with Crippen LogP contribution in [-0.2, 0) is 10.0 Å². The van der Waals surface area contributed by atoms with Gasteiger partial charge in [-0.15, -0.1) is 0 Å². The van der Waals surface area contributed by atoms with E-state index < -0.39 is 10.0 Å². The van der Waals surface area contributed by atoms with Crippen molar-refractivity contribution in [2.24, 2.45) is 11.8 Å². The summed E-state index contributed by atoms with van der Waals surface area (Å²) in [6.45, 7) is 5.39. The van der Waals surface area contributed by atoms with Gasteiger partial charge < -0.3 is 5.73 Å². The highest BCUT2D eigenvalue weighted by Gasteiger charge is 2.35. The Balaban J connectivity index is 2.12. The van der Waals surface area contributed by atoms with Crippen LogP contribution in [0.5, 0.6) is 0 Å². The number of benzene rings is 2. The fraction of sp³-hybridized carbons (Fsp3) is 0.375. The molecule has 0 radical (unpaired) electrons. The molecule has 112 valence electrons. The minimum atomic E-state index is -3.45. The van der Waals surface area contributed by atoms with Crippen LogP contribution in [0.1, 0.15) is 13.8 Å². The second kappa shape index (κ2) is 5.00. The van der Waals surface area contributed by atoms with Crippen molar-refractivity contribution in [2.75, 3.05) is 18.8 Å². The van der Waals surface area contributed by atoms with Gasteiger partial charge in [-0.25, -0.2) is 8.42 Å². The monoisotopic (exact) mass is 304 g/mol. The number of nitrogens with zero attached hydrogens (tertiary/aromatic N) is 1. The predicted octanol–water partition coefficient (Wildman–Crippen LogP) is 2.70. The largest absolute Gasteiger partial charge is 0.399 e. The molecule has 1 saturated heterocycles. The van der Waals surface area contributed by atoms with E-state index in [4.69, 9.17) is 5.73 Å². The molecule has 21 heavy (non-hydrogen) atoms. The van der Waals surface area contributed by atoms with Crippen LogP contribution in [0.2, 0.25) is 0 Å². The number of hydrogen-bond acceptors (Lipinski definition) is 3. The second-order valence-corrected chi connectivity index (χ2v) is 7.92. The molecule has 0 aromatic heterocycles. The molecule has 2 atom stereocenters. The van der Waals surface area contributed by atoms with Gasteiger partial charge in [-0.2, -0.15) is 4.31 Å². The summed E-state index contributed by atoms with van der Waals surface area (Å²) in [5, 5.41) is 1.59. The zero-order chi connectivity index (χ0) is 15.2. The summed E-state index contributed by atoms with van der Waals surface area (Å²) in [5.74, 6) is 0.788. The molecule has 5 heteroatoms. The molecule has 3 rings (SSSR count). The molecule has 0 amide bonds. The van der Waals surface area contributed by atoms with Gasteiger partial charge in [0.2, 0.25) is 10.0 Å². The molecule has 4 nitrogen and oxygen atoms in total. The standard InChI is InChI=1S/C16H20N2O2S/c1-11-9-18(10-12(11)2)21(19,20)16-5-3-4-13-8-14(17)6-7-15(13)16/h3-8,11-12H,9-10,17H2,1-2H3. The fourth-order valence-corrected chi connectivity index (χ4v) is 4.76. The van der Waals surface area contributed by atoms with Crippen molar-refractivity contribution < 1.29 is 8.42 Å². The van der Waals surface area contributed by atoms with Crippen molar-refractivity contribution in [1.29, 1.82) is 0 Å². The van der Waals surface area contributed by atoms with Gasteiger partial charge in [0.1, 0.15) is 0 Å². The quantitative estimate of drug-likeness (QED) is 0.868. The highest BCUT2D eigenvalue weighted by Crippen LogP contribution is 2.32. The summed E-state index contributed by atoms with van der Waals surface area (Å²) in [5.41, 5.74) is 6.42. The Hall–Kier alpha value is -1.59. The van der Waals surface area contributed by atoms with Gasteiger partial charge in [0.25, 0.3) is 0 Å². The van der Waals surface area contributed by atoms with Gasteiger partial charge in [-0.3, -0.25) is 0 Å². The molecule has 2 N–H and O–H groups in total. The Labute approximate surface area is 125 Å². The summed E-state index contributed by atoms with van der Waals surface area (Å²) in [7, 11) is -3.45. The zero-order valence-electron chi connectivity index (χ0n) is 12.3. The van der Waals surface area contributed by atoms with Crippen LogP contribution >= 0.6 is 0 Å². The maximum absolute atomic E-state index is 12.9. The van der Waals surface area contributed by atoms with E-state index in [2.05, 4.69) is 13.8 Å². The fourth-order valence-electron chi connectivity index (χ4n) is 2.91. The SMILES string of the molecule is CC1CN(S(=O)(=O)c2cccc3cc(N)ccc23)CC1C. The number of hydrogen-bond donors (Lipinski definition) is 1. The number of rotatable bonds is 2.